The summed E-state index contributed by atoms with van der Waals surface area (Å²) in [5.41, 5.74) is 2.07. The highest BCUT2D eigenvalue weighted by Crippen LogP contribution is 2.64. The Morgan fingerprint density at radius 3 is 2.55 bits per heavy atom. The Hall–Kier alpha value is -0.670. The molecule has 3 heteroatoms. The fraction of sp³-hybridized carbons (Fsp3) is 0.885. The third-order valence-electron chi connectivity index (χ3n) is 9.97. The number of piperidine rings is 1. The fourth-order valence-corrected chi connectivity index (χ4v) is 8.12. The van der Waals surface area contributed by atoms with Crippen LogP contribution < -0.4 is 0 Å². The lowest BCUT2D eigenvalue weighted by Crippen LogP contribution is -2.50. The molecule has 0 aromatic heterocycles. The summed E-state index contributed by atoms with van der Waals surface area (Å²) in [7, 11) is 0. The van der Waals surface area contributed by atoms with Crippen LogP contribution in [0.4, 0.5) is 0 Å². The largest absolute Gasteiger partial charge is 0.373 e. The van der Waals surface area contributed by atoms with E-state index in [9.17, 15) is 4.79 Å². The number of Topliss-reactive ketones (excluding diaryl/α,β-unsaturated/α-hetero) is 1. The van der Waals surface area contributed by atoms with Crippen LogP contribution in [-0.2, 0) is 9.53 Å². The first-order valence-electron chi connectivity index (χ1n) is 12.6. The molecule has 6 unspecified atom stereocenters. The van der Waals surface area contributed by atoms with Crippen LogP contribution in [0.1, 0.15) is 84.5 Å². The number of hydrogen-bond donors (Lipinski definition) is 0. The molecule has 1 saturated heterocycles. The normalized spacial score (nSPS) is 45.3. The molecule has 4 aliphatic carbocycles. The van der Waals surface area contributed by atoms with E-state index in [1.165, 1.54) is 64.5 Å². The van der Waals surface area contributed by atoms with Crippen LogP contribution in [0.25, 0.3) is 0 Å². The molecule has 0 N–H and O–H groups in total. The smallest absolute Gasteiger partial charge is 0.139 e. The Balaban J connectivity index is 1.23. The van der Waals surface area contributed by atoms with Gasteiger partial charge in [-0.2, -0.15) is 0 Å². The third kappa shape index (κ3) is 3.45. The number of nitrogens with zero attached hydrogens (tertiary/aromatic N) is 1. The molecule has 5 aliphatic rings. The van der Waals surface area contributed by atoms with E-state index in [1.54, 1.807) is 5.57 Å². The van der Waals surface area contributed by atoms with Crippen LogP contribution >= 0.6 is 0 Å². The van der Waals surface area contributed by atoms with Crippen molar-refractivity contribution in [1.29, 1.82) is 0 Å². The van der Waals surface area contributed by atoms with Gasteiger partial charge in [0.15, 0.2) is 0 Å². The average molecular weight is 400 g/mol. The molecule has 6 atom stereocenters. The summed E-state index contributed by atoms with van der Waals surface area (Å²) in [6, 6.07) is 0. The van der Waals surface area contributed by atoms with Crippen molar-refractivity contribution in [3.8, 4) is 0 Å². The maximum absolute atomic E-state index is 12.6. The van der Waals surface area contributed by atoms with Gasteiger partial charge in [-0.05, 0) is 94.0 Å². The minimum absolute atomic E-state index is 0.00745. The summed E-state index contributed by atoms with van der Waals surface area (Å²) in [4.78, 5) is 15.2. The van der Waals surface area contributed by atoms with Crippen molar-refractivity contribution >= 4 is 5.78 Å². The second kappa shape index (κ2) is 7.79. The van der Waals surface area contributed by atoms with E-state index >= 15 is 0 Å². The molecule has 0 amide bonds. The lowest BCUT2D eigenvalue weighted by Gasteiger charge is -2.57. The molecule has 0 spiro atoms. The second-order valence-electron chi connectivity index (χ2n) is 11.3. The molecule has 3 saturated carbocycles. The zero-order valence-corrected chi connectivity index (χ0v) is 18.8. The predicted octanol–water partition coefficient (Wildman–Crippen LogP) is 5.39. The number of allylic oxidation sites excluding steroid dienone is 1. The third-order valence-corrected chi connectivity index (χ3v) is 9.97. The summed E-state index contributed by atoms with van der Waals surface area (Å²) in [6.07, 6.45) is 16.4. The van der Waals surface area contributed by atoms with E-state index in [0.717, 1.165) is 44.2 Å². The van der Waals surface area contributed by atoms with E-state index in [1.807, 2.05) is 0 Å². The van der Waals surface area contributed by atoms with Crippen molar-refractivity contribution < 1.29 is 9.53 Å². The number of ketones is 1. The monoisotopic (exact) mass is 399 g/mol. The Morgan fingerprint density at radius 2 is 1.72 bits per heavy atom. The maximum atomic E-state index is 12.6. The molecule has 162 valence electrons. The van der Waals surface area contributed by atoms with E-state index in [4.69, 9.17) is 4.74 Å². The molecule has 0 bridgehead atoms. The lowest BCUT2D eigenvalue weighted by molar-refractivity contribution is -0.132. The van der Waals surface area contributed by atoms with Gasteiger partial charge in [0.05, 0.1) is 12.7 Å². The Morgan fingerprint density at radius 1 is 0.966 bits per heavy atom. The van der Waals surface area contributed by atoms with Gasteiger partial charge in [0, 0.05) is 18.4 Å². The Labute approximate surface area is 177 Å². The number of fused-ring (bicyclic) bond motifs is 5. The molecule has 29 heavy (non-hydrogen) atoms. The number of carbonyl (C=O) groups is 1. The molecule has 5 rings (SSSR count). The minimum atomic E-state index is 0.00745. The van der Waals surface area contributed by atoms with Crippen LogP contribution in [0, 0.1) is 28.6 Å². The number of ether oxygens (including phenoxy) is 1. The van der Waals surface area contributed by atoms with Crippen LogP contribution in [0.2, 0.25) is 0 Å². The van der Waals surface area contributed by atoms with E-state index in [-0.39, 0.29) is 5.41 Å². The summed E-state index contributed by atoms with van der Waals surface area (Å²) >= 11 is 0. The molecule has 4 fully saturated rings. The summed E-state index contributed by atoms with van der Waals surface area (Å²) in [6.45, 7) is 9.37. The van der Waals surface area contributed by atoms with Crippen molar-refractivity contribution in [3.63, 3.8) is 0 Å². The van der Waals surface area contributed by atoms with Gasteiger partial charge >= 0.3 is 0 Å². The molecule has 3 nitrogen and oxygen atoms in total. The highest BCUT2D eigenvalue weighted by molar-refractivity contribution is 5.87. The molecule has 0 aromatic rings. The standard InChI is InChI=1S/C26H41NO2/c1-25-12-10-20(29-17-16-27-14-4-3-5-15-27)18-19(25)6-7-21-22-8-9-24(28)26(22,2)13-11-23(21)25/h18,20-23H,3-17H2,1-2H3. The summed E-state index contributed by atoms with van der Waals surface area (Å²) in [5.74, 6) is 2.79. The first kappa shape index (κ1) is 20.2. The average Bonchev–Trinajstić information content (AvgIpc) is 3.04. The highest BCUT2D eigenvalue weighted by atomic mass is 16.5. The fourth-order valence-electron chi connectivity index (χ4n) is 8.12. The van der Waals surface area contributed by atoms with Crippen molar-refractivity contribution in [2.24, 2.45) is 28.6 Å². The minimum Gasteiger partial charge on any atom is -0.373 e. The van der Waals surface area contributed by atoms with Gasteiger partial charge in [0.25, 0.3) is 0 Å². The summed E-state index contributed by atoms with van der Waals surface area (Å²) < 4.78 is 6.35. The second-order valence-corrected chi connectivity index (χ2v) is 11.3. The quantitative estimate of drug-likeness (QED) is 0.594. The summed E-state index contributed by atoms with van der Waals surface area (Å²) in [5, 5.41) is 0. The number of hydrogen-bond acceptors (Lipinski definition) is 3. The van der Waals surface area contributed by atoms with Crippen molar-refractivity contribution in [3.05, 3.63) is 11.6 Å². The van der Waals surface area contributed by atoms with Crippen molar-refractivity contribution in [2.45, 2.75) is 90.6 Å². The number of carbonyl (C=O) groups excluding carboxylic acids is 1. The van der Waals surface area contributed by atoms with Gasteiger partial charge in [-0.3, -0.25) is 4.79 Å². The molecule has 1 heterocycles. The lowest BCUT2D eigenvalue weighted by atomic mass is 9.47. The zero-order valence-electron chi connectivity index (χ0n) is 18.8. The topological polar surface area (TPSA) is 29.5 Å². The van der Waals surface area contributed by atoms with Crippen LogP contribution in [0.3, 0.4) is 0 Å². The van der Waals surface area contributed by atoms with Gasteiger partial charge in [-0.15, -0.1) is 0 Å². The molecule has 0 aromatic carbocycles. The van der Waals surface area contributed by atoms with Crippen molar-refractivity contribution in [2.75, 3.05) is 26.2 Å². The van der Waals surface area contributed by atoms with Gasteiger partial charge < -0.3 is 9.64 Å². The number of rotatable bonds is 4. The predicted molar refractivity (Wildman–Crippen MR) is 117 cm³/mol. The molecule has 0 radical (unpaired) electrons. The first-order chi connectivity index (χ1) is 14.0. The molecular formula is C26H41NO2. The van der Waals surface area contributed by atoms with Gasteiger partial charge in [-0.25, -0.2) is 0 Å². The number of likely N-dealkylation sites (tertiary alicyclic amines) is 1. The van der Waals surface area contributed by atoms with Gasteiger partial charge in [0.2, 0.25) is 0 Å². The van der Waals surface area contributed by atoms with E-state index < -0.39 is 0 Å². The van der Waals surface area contributed by atoms with Crippen LogP contribution in [0.5, 0.6) is 0 Å². The van der Waals surface area contributed by atoms with Crippen LogP contribution in [-0.4, -0.2) is 43.0 Å². The van der Waals surface area contributed by atoms with E-state index in [0.29, 0.717) is 23.2 Å². The maximum Gasteiger partial charge on any atom is 0.139 e. The van der Waals surface area contributed by atoms with Crippen LogP contribution in [0.15, 0.2) is 11.6 Å². The van der Waals surface area contributed by atoms with E-state index in [2.05, 4.69) is 24.8 Å². The highest BCUT2D eigenvalue weighted by Gasteiger charge is 2.58. The SMILES string of the molecule is CC12CCC3C(CCC4=CC(OCCN5CCCCC5)CCC43C)C1CCC2=O. The Bertz CT molecular complexity index is 666. The molecule has 1 aliphatic heterocycles. The zero-order chi connectivity index (χ0) is 20.1. The molecular weight excluding hydrogens is 358 g/mol. The van der Waals surface area contributed by atoms with Crippen molar-refractivity contribution in [1.82, 2.24) is 4.90 Å². The van der Waals surface area contributed by atoms with Gasteiger partial charge in [0.1, 0.15) is 5.78 Å². The van der Waals surface area contributed by atoms with Gasteiger partial charge in [-0.1, -0.05) is 31.9 Å². The first-order valence-corrected chi connectivity index (χ1v) is 12.6. The Kier molecular flexibility index (Phi) is 5.44.